The Morgan fingerprint density at radius 2 is 2.08 bits per heavy atom. The average molecular weight is 382 g/mol. The Bertz CT molecular complexity index is 660. The van der Waals surface area contributed by atoms with Gasteiger partial charge in [0.2, 0.25) is 0 Å². The van der Waals surface area contributed by atoms with Crippen LogP contribution < -0.4 is 10.1 Å². The predicted molar refractivity (Wildman–Crippen MR) is 101 cm³/mol. The number of carbonyl (C=O) groups is 2. The zero-order chi connectivity index (χ0) is 18.9. The van der Waals surface area contributed by atoms with E-state index in [-0.39, 0.29) is 18.6 Å². The van der Waals surface area contributed by atoms with Crippen molar-refractivity contribution in [3.63, 3.8) is 0 Å². The number of methoxy groups -OCH3 is 1. The van der Waals surface area contributed by atoms with Crippen molar-refractivity contribution in [2.45, 2.75) is 38.1 Å². The van der Waals surface area contributed by atoms with Crippen molar-refractivity contribution >= 4 is 35.3 Å². The van der Waals surface area contributed by atoms with Crippen LogP contribution in [-0.4, -0.2) is 49.7 Å². The van der Waals surface area contributed by atoms with E-state index in [4.69, 9.17) is 21.2 Å². The molecule has 1 saturated carbocycles. The molecule has 26 heavy (non-hydrogen) atoms. The molecule has 2 amide bonds. The molecule has 0 radical (unpaired) electrons. The van der Waals surface area contributed by atoms with Crippen LogP contribution >= 0.6 is 11.6 Å². The summed E-state index contributed by atoms with van der Waals surface area (Å²) in [6, 6.07) is 5.13. The van der Waals surface area contributed by atoms with Crippen LogP contribution in [0.5, 0.6) is 5.75 Å². The van der Waals surface area contributed by atoms with Crippen LogP contribution in [0.25, 0.3) is 0 Å². The Morgan fingerprint density at radius 3 is 2.77 bits per heavy atom. The number of amides is 2. The fourth-order valence-electron chi connectivity index (χ4n) is 2.89. The molecule has 0 bridgehead atoms. The van der Waals surface area contributed by atoms with E-state index < -0.39 is 5.91 Å². The first-order valence-corrected chi connectivity index (χ1v) is 8.94. The zero-order valence-corrected chi connectivity index (χ0v) is 15.8. The van der Waals surface area contributed by atoms with E-state index in [1.54, 1.807) is 30.1 Å². The first kappa shape index (κ1) is 20.0. The molecule has 1 aliphatic carbocycles. The number of nitrogens with one attached hydrogen (secondary N) is 1. The largest absolute Gasteiger partial charge is 0.495 e. The molecule has 142 valence electrons. The minimum Gasteiger partial charge on any atom is -0.495 e. The van der Waals surface area contributed by atoms with E-state index in [1.807, 2.05) is 0 Å². The summed E-state index contributed by atoms with van der Waals surface area (Å²) in [7, 11) is 3.27. The van der Waals surface area contributed by atoms with Gasteiger partial charge in [-0.1, -0.05) is 36.0 Å². The molecule has 1 aromatic rings. The summed E-state index contributed by atoms with van der Waals surface area (Å²) < 4.78 is 5.14. The highest BCUT2D eigenvalue weighted by molar-refractivity contribution is 6.33. The van der Waals surface area contributed by atoms with Crippen LogP contribution in [0.3, 0.4) is 0 Å². The minimum absolute atomic E-state index is 0.147. The maximum Gasteiger partial charge on any atom is 0.270 e. The number of carbonyl (C=O) groups excluding carboxylic acids is 2. The van der Waals surface area contributed by atoms with E-state index in [1.165, 1.54) is 13.5 Å². The summed E-state index contributed by atoms with van der Waals surface area (Å²) in [6.45, 7) is -0.197. The molecule has 1 aliphatic rings. The van der Waals surface area contributed by atoms with E-state index in [9.17, 15) is 9.59 Å². The number of benzene rings is 1. The van der Waals surface area contributed by atoms with Gasteiger partial charge in [-0.15, -0.1) is 0 Å². The fraction of sp³-hybridized carbons (Fsp3) is 0.500. The van der Waals surface area contributed by atoms with E-state index in [2.05, 4.69) is 10.5 Å². The summed E-state index contributed by atoms with van der Waals surface area (Å²) in [5.74, 6) is -0.189. The minimum atomic E-state index is -0.515. The van der Waals surface area contributed by atoms with Gasteiger partial charge in [0.05, 0.1) is 12.8 Å². The number of likely N-dealkylation sites (N-methyl/N-ethyl adjacent to an activating group) is 1. The number of hydrogen-bond acceptors (Lipinski definition) is 5. The molecule has 0 aromatic heterocycles. The topological polar surface area (TPSA) is 80.2 Å². The van der Waals surface area contributed by atoms with Crippen LogP contribution in [0.4, 0.5) is 5.69 Å². The highest BCUT2D eigenvalue weighted by Gasteiger charge is 2.22. The lowest BCUT2D eigenvalue weighted by atomic mass is 9.94. The van der Waals surface area contributed by atoms with Crippen molar-refractivity contribution in [2.24, 2.45) is 5.16 Å². The number of rotatable bonds is 7. The van der Waals surface area contributed by atoms with Crippen molar-refractivity contribution in [1.82, 2.24) is 4.90 Å². The lowest BCUT2D eigenvalue weighted by Gasteiger charge is -2.30. The van der Waals surface area contributed by atoms with Crippen LogP contribution in [0.1, 0.15) is 32.1 Å². The summed E-state index contributed by atoms with van der Waals surface area (Å²) in [5, 5.41) is 6.61. The SMILES string of the molecule is COc1ccc(Cl)cc1NC(=O)/C=N\OCC(=O)N(C)C1CCCCC1. The molecule has 7 nitrogen and oxygen atoms in total. The normalized spacial score (nSPS) is 14.9. The second-order valence-corrected chi connectivity index (χ2v) is 6.57. The van der Waals surface area contributed by atoms with Gasteiger partial charge in [-0.05, 0) is 31.0 Å². The van der Waals surface area contributed by atoms with Crippen LogP contribution in [0, 0.1) is 0 Å². The monoisotopic (exact) mass is 381 g/mol. The van der Waals surface area contributed by atoms with Crippen molar-refractivity contribution in [2.75, 3.05) is 26.1 Å². The molecule has 8 heteroatoms. The van der Waals surface area contributed by atoms with Crippen LogP contribution in [-0.2, 0) is 14.4 Å². The Morgan fingerprint density at radius 1 is 1.35 bits per heavy atom. The predicted octanol–water partition coefficient (Wildman–Crippen LogP) is 3.08. The third-order valence-corrected chi connectivity index (χ3v) is 4.60. The highest BCUT2D eigenvalue weighted by Crippen LogP contribution is 2.27. The lowest BCUT2D eigenvalue weighted by Crippen LogP contribution is -2.40. The molecule has 0 heterocycles. The number of nitrogens with zero attached hydrogens (tertiary/aromatic N) is 2. The van der Waals surface area contributed by atoms with Crippen LogP contribution in [0.15, 0.2) is 23.4 Å². The highest BCUT2D eigenvalue weighted by atomic mass is 35.5. The van der Waals surface area contributed by atoms with Gasteiger partial charge in [0.1, 0.15) is 12.0 Å². The molecule has 1 fully saturated rings. The van der Waals surface area contributed by atoms with Crippen molar-refractivity contribution in [3.05, 3.63) is 23.2 Å². The van der Waals surface area contributed by atoms with Gasteiger partial charge in [-0.2, -0.15) is 0 Å². The van der Waals surface area contributed by atoms with E-state index in [0.29, 0.717) is 16.5 Å². The smallest absolute Gasteiger partial charge is 0.270 e. The van der Waals surface area contributed by atoms with Crippen molar-refractivity contribution in [3.8, 4) is 5.75 Å². The first-order chi connectivity index (χ1) is 12.5. The van der Waals surface area contributed by atoms with Gasteiger partial charge in [0, 0.05) is 18.1 Å². The molecule has 1 N–H and O–H groups in total. The maximum absolute atomic E-state index is 12.1. The molecule has 0 atom stereocenters. The van der Waals surface area contributed by atoms with Gasteiger partial charge >= 0.3 is 0 Å². The number of ether oxygens (including phenoxy) is 1. The molecular weight excluding hydrogens is 358 g/mol. The Hall–Kier alpha value is -2.28. The average Bonchev–Trinajstić information content (AvgIpc) is 2.65. The first-order valence-electron chi connectivity index (χ1n) is 8.56. The molecule has 0 unspecified atom stereocenters. The number of anilines is 1. The second kappa shape index (κ2) is 10.0. The van der Waals surface area contributed by atoms with Gasteiger partial charge in [0.25, 0.3) is 11.8 Å². The molecule has 1 aromatic carbocycles. The van der Waals surface area contributed by atoms with Crippen molar-refractivity contribution in [1.29, 1.82) is 0 Å². The zero-order valence-electron chi connectivity index (χ0n) is 15.0. The van der Waals surface area contributed by atoms with E-state index in [0.717, 1.165) is 31.9 Å². The Labute approximate surface area is 158 Å². The van der Waals surface area contributed by atoms with Gasteiger partial charge < -0.3 is 19.8 Å². The van der Waals surface area contributed by atoms with Crippen LogP contribution in [0.2, 0.25) is 5.02 Å². The van der Waals surface area contributed by atoms with Gasteiger partial charge in [0.15, 0.2) is 6.61 Å². The summed E-state index contributed by atoms with van der Waals surface area (Å²) in [5.41, 5.74) is 0.421. The number of oxime groups is 1. The lowest BCUT2D eigenvalue weighted by molar-refractivity contribution is -0.137. The number of halogens is 1. The Kier molecular flexibility index (Phi) is 7.72. The maximum atomic E-state index is 12.1. The molecule has 0 spiro atoms. The standard InChI is InChI=1S/C18H24ClN3O4/c1-22(14-6-4-3-5-7-14)18(24)12-26-20-11-17(23)21-15-10-13(19)8-9-16(15)25-2/h8-11,14H,3-7,12H2,1-2H3,(H,21,23)/b20-11-. The van der Waals surface area contributed by atoms with Gasteiger partial charge in [-0.25, -0.2) is 0 Å². The van der Waals surface area contributed by atoms with E-state index >= 15 is 0 Å². The second-order valence-electron chi connectivity index (χ2n) is 6.14. The number of hydrogen-bond donors (Lipinski definition) is 1. The molecule has 2 rings (SSSR count). The third kappa shape index (κ3) is 5.91. The fourth-order valence-corrected chi connectivity index (χ4v) is 3.07. The summed E-state index contributed by atoms with van der Waals surface area (Å²) in [6.07, 6.45) is 6.54. The quantitative estimate of drug-likeness (QED) is 0.581. The van der Waals surface area contributed by atoms with Crippen molar-refractivity contribution < 1.29 is 19.2 Å². The van der Waals surface area contributed by atoms with Gasteiger partial charge in [-0.3, -0.25) is 9.59 Å². The molecule has 0 aliphatic heterocycles. The summed E-state index contributed by atoms with van der Waals surface area (Å²) in [4.78, 5) is 30.6. The molecule has 0 saturated heterocycles. The third-order valence-electron chi connectivity index (χ3n) is 4.37. The molecular formula is C18H24ClN3O4. The summed E-state index contributed by atoms with van der Waals surface area (Å²) >= 11 is 5.91. The Balaban J connectivity index is 1.78.